The van der Waals surface area contributed by atoms with Crippen LogP contribution in [0.1, 0.15) is 87.0 Å². The summed E-state index contributed by atoms with van der Waals surface area (Å²) in [6.07, 6.45) is 13.2. The van der Waals surface area contributed by atoms with Crippen LogP contribution in [0.25, 0.3) is 0 Å². The van der Waals surface area contributed by atoms with Gasteiger partial charge in [0.2, 0.25) is 5.91 Å². The Morgan fingerprint density at radius 1 is 1.07 bits per heavy atom. The van der Waals surface area contributed by atoms with Crippen molar-refractivity contribution in [2.45, 2.75) is 90.6 Å². The van der Waals surface area contributed by atoms with Crippen LogP contribution in [0, 0.1) is 31.1 Å². The molecule has 226 valence electrons. The van der Waals surface area contributed by atoms with Gasteiger partial charge < -0.3 is 20.3 Å². The van der Waals surface area contributed by atoms with Gasteiger partial charge in [0.25, 0.3) is 5.91 Å². The van der Waals surface area contributed by atoms with Crippen LogP contribution in [-0.4, -0.2) is 93.9 Å². The Morgan fingerprint density at radius 3 is 2.34 bits per heavy atom. The van der Waals surface area contributed by atoms with Crippen molar-refractivity contribution >= 4 is 11.8 Å². The second-order valence-electron chi connectivity index (χ2n) is 13.3. The Kier molecular flexibility index (Phi) is 9.04. The number of ether oxygens (including phenoxy) is 1. The van der Waals surface area contributed by atoms with Gasteiger partial charge >= 0.3 is 0 Å². The molecule has 1 aromatic heterocycles. The van der Waals surface area contributed by atoms with Gasteiger partial charge in [-0.15, -0.1) is 0 Å². The number of carbonyl (C=O) groups excluding carboxylic acids is 2. The van der Waals surface area contributed by atoms with E-state index in [9.17, 15) is 9.59 Å². The molecule has 3 atom stereocenters. The zero-order valence-electron chi connectivity index (χ0n) is 25.6. The molecule has 4 aliphatic heterocycles. The fraction of sp³-hybridized carbons (Fsp3) is 0.750. The number of nitrogens with zero attached hydrogens (tertiary/aromatic N) is 5. The second kappa shape index (κ2) is 12.4. The monoisotopic (exact) mass is 566 g/mol. The highest BCUT2D eigenvalue weighted by Crippen LogP contribution is 2.49. The number of likely N-dealkylation sites (tertiary alicyclic amines) is 3. The molecule has 0 aromatic carbocycles. The Hall–Kier alpha value is -2.52. The zero-order chi connectivity index (χ0) is 29.2. The minimum Gasteiger partial charge on any atom is -0.501 e. The molecule has 0 radical (unpaired) electrons. The smallest absolute Gasteiger partial charge is 0.257 e. The lowest BCUT2D eigenvalue weighted by molar-refractivity contribution is -0.153. The molecule has 1 spiro atoms. The third kappa shape index (κ3) is 6.03. The van der Waals surface area contributed by atoms with Crippen molar-refractivity contribution in [3.05, 3.63) is 35.6 Å². The number of nitrogens with two attached hydrogens (primary N) is 1. The fourth-order valence-electron chi connectivity index (χ4n) is 8.01. The topological polar surface area (TPSA) is 105 Å². The fourth-order valence-corrected chi connectivity index (χ4v) is 8.01. The summed E-state index contributed by atoms with van der Waals surface area (Å²) >= 11 is 0. The Balaban J connectivity index is 1.23. The van der Waals surface area contributed by atoms with Crippen LogP contribution < -0.4 is 5.73 Å². The van der Waals surface area contributed by atoms with Crippen molar-refractivity contribution in [2.24, 2.45) is 23.0 Å². The average molecular weight is 567 g/mol. The molecule has 0 saturated carbocycles. The first-order valence-electron chi connectivity index (χ1n) is 15.8. The first-order valence-corrected chi connectivity index (χ1v) is 15.8. The van der Waals surface area contributed by atoms with Crippen LogP contribution in [0.2, 0.25) is 0 Å². The van der Waals surface area contributed by atoms with Crippen molar-refractivity contribution in [1.82, 2.24) is 24.7 Å². The zero-order valence-corrected chi connectivity index (χ0v) is 25.6. The molecule has 0 bridgehead atoms. The quantitative estimate of drug-likeness (QED) is 0.537. The van der Waals surface area contributed by atoms with Crippen molar-refractivity contribution in [2.75, 3.05) is 45.9 Å². The number of hydrogen-bond acceptors (Lipinski definition) is 7. The summed E-state index contributed by atoms with van der Waals surface area (Å²) in [6, 6.07) is -0.0919. The van der Waals surface area contributed by atoms with E-state index in [1.807, 2.05) is 18.7 Å². The van der Waals surface area contributed by atoms with E-state index in [4.69, 9.17) is 10.5 Å². The Morgan fingerprint density at radius 2 is 1.73 bits per heavy atom. The Bertz CT molecular complexity index is 1100. The van der Waals surface area contributed by atoms with Crippen molar-refractivity contribution in [1.29, 1.82) is 0 Å². The molecule has 41 heavy (non-hydrogen) atoms. The molecule has 3 fully saturated rings. The van der Waals surface area contributed by atoms with Gasteiger partial charge in [-0.2, -0.15) is 0 Å². The molecule has 1 aromatic rings. The van der Waals surface area contributed by atoms with Crippen LogP contribution in [0.4, 0.5) is 0 Å². The van der Waals surface area contributed by atoms with Gasteiger partial charge in [0, 0.05) is 43.7 Å². The van der Waals surface area contributed by atoms with Crippen LogP contribution in [-0.2, 0) is 9.53 Å². The molecule has 9 nitrogen and oxygen atoms in total. The van der Waals surface area contributed by atoms with Crippen LogP contribution in [0.5, 0.6) is 0 Å². The average Bonchev–Trinajstić information content (AvgIpc) is 2.96. The van der Waals surface area contributed by atoms with E-state index < -0.39 is 0 Å². The van der Waals surface area contributed by atoms with E-state index in [1.165, 1.54) is 6.33 Å². The van der Waals surface area contributed by atoms with Gasteiger partial charge in [-0.1, -0.05) is 13.3 Å². The highest BCUT2D eigenvalue weighted by atomic mass is 16.5. The van der Waals surface area contributed by atoms with E-state index in [2.05, 4.69) is 39.7 Å². The first kappa shape index (κ1) is 30.0. The minimum atomic E-state index is -0.103. The number of carbonyl (C=O) groups is 2. The third-order valence-electron chi connectivity index (χ3n) is 10.8. The summed E-state index contributed by atoms with van der Waals surface area (Å²) in [5.41, 5.74) is 9.01. The maximum Gasteiger partial charge on any atom is 0.257 e. The van der Waals surface area contributed by atoms with Crippen LogP contribution in [0.15, 0.2) is 18.7 Å². The largest absolute Gasteiger partial charge is 0.501 e. The van der Waals surface area contributed by atoms with Gasteiger partial charge in [-0.3, -0.25) is 14.5 Å². The minimum absolute atomic E-state index is 0.0143. The maximum atomic E-state index is 14.0. The predicted octanol–water partition coefficient (Wildman–Crippen LogP) is 3.70. The molecule has 9 heteroatoms. The van der Waals surface area contributed by atoms with Crippen molar-refractivity contribution < 1.29 is 14.3 Å². The normalized spacial score (nSPS) is 27.1. The molecule has 4 aliphatic rings. The summed E-state index contributed by atoms with van der Waals surface area (Å²) < 4.78 is 5.38. The van der Waals surface area contributed by atoms with E-state index in [-0.39, 0.29) is 34.7 Å². The van der Waals surface area contributed by atoms with Gasteiger partial charge in [-0.05, 0) is 90.3 Å². The molecular weight excluding hydrogens is 516 g/mol. The van der Waals surface area contributed by atoms with Crippen molar-refractivity contribution in [3.8, 4) is 0 Å². The van der Waals surface area contributed by atoms with E-state index in [0.29, 0.717) is 11.5 Å². The molecule has 5 heterocycles. The van der Waals surface area contributed by atoms with Crippen LogP contribution in [0.3, 0.4) is 0 Å². The van der Waals surface area contributed by atoms with Crippen LogP contribution >= 0.6 is 0 Å². The standard InChI is InChI=1S/C32H50N6O3/c1-5-6-26(33)28-30(40)37(21-25-7-19-41-20-8-25)16-11-32(28)12-17-38(18-13-32)31(4)9-14-36(15-10-31)29(39)27-23(2)34-22-35-24(27)3/h7,19,22,25-26,28H,5-6,8-18,20-21,33H2,1-4H3/t25?,26?,28-/m1/s1. The molecule has 0 aliphatic carbocycles. The maximum absolute atomic E-state index is 14.0. The van der Waals surface area contributed by atoms with Gasteiger partial charge in [0.15, 0.2) is 0 Å². The SMILES string of the molecule is CCCC(N)[C@@H]1C(=O)N(CC2C=COCC2)CCC12CCN(C1(C)CCN(C(=O)c3c(C)ncnc3C)CC1)CC2. The molecule has 2 unspecified atom stereocenters. The summed E-state index contributed by atoms with van der Waals surface area (Å²) in [4.78, 5) is 42.6. The Labute approximate surface area is 245 Å². The van der Waals surface area contributed by atoms with Crippen molar-refractivity contribution in [3.63, 3.8) is 0 Å². The third-order valence-corrected chi connectivity index (χ3v) is 10.8. The van der Waals surface area contributed by atoms with E-state index in [1.54, 1.807) is 6.26 Å². The number of amides is 2. The number of piperidine rings is 3. The summed E-state index contributed by atoms with van der Waals surface area (Å²) in [5, 5.41) is 0. The van der Waals surface area contributed by atoms with E-state index >= 15 is 0 Å². The lowest BCUT2D eigenvalue weighted by Crippen LogP contribution is -2.63. The lowest BCUT2D eigenvalue weighted by Gasteiger charge is -2.56. The lowest BCUT2D eigenvalue weighted by atomic mass is 9.61. The van der Waals surface area contributed by atoms with Gasteiger partial charge in [0.1, 0.15) is 6.33 Å². The first-order chi connectivity index (χ1) is 19.7. The summed E-state index contributed by atoms with van der Waals surface area (Å²) in [7, 11) is 0. The molecule has 2 N–H and O–H groups in total. The summed E-state index contributed by atoms with van der Waals surface area (Å²) in [5.74, 6) is 0.592. The number of aryl methyl sites for hydroxylation is 2. The highest BCUT2D eigenvalue weighted by Gasteiger charge is 2.53. The van der Waals surface area contributed by atoms with Gasteiger partial charge in [0.05, 0.1) is 35.7 Å². The number of hydrogen-bond donors (Lipinski definition) is 1. The number of rotatable bonds is 7. The highest BCUT2D eigenvalue weighted by molar-refractivity contribution is 5.96. The number of aromatic nitrogens is 2. The molecule has 2 amide bonds. The summed E-state index contributed by atoms with van der Waals surface area (Å²) in [6.45, 7) is 14.1. The molecule has 3 saturated heterocycles. The predicted molar refractivity (Wildman–Crippen MR) is 159 cm³/mol. The van der Waals surface area contributed by atoms with E-state index in [0.717, 1.165) is 109 Å². The molecule has 5 rings (SSSR count). The second-order valence-corrected chi connectivity index (χ2v) is 13.3. The molecular formula is C32H50N6O3. The van der Waals surface area contributed by atoms with Gasteiger partial charge in [-0.25, -0.2) is 9.97 Å².